The molecule has 0 saturated carbocycles. The number of carbonyl (C=O) groups excluding carboxylic acids is 1. The Hall–Kier alpha value is -2.08. The summed E-state index contributed by atoms with van der Waals surface area (Å²) in [5, 5.41) is 12.7. The second-order valence-electron chi connectivity index (χ2n) is 6.39. The lowest BCUT2D eigenvalue weighted by atomic mass is 10.0. The number of aliphatic hydroxyl groups excluding tert-OH is 1. The van der Waals surface area contributed by atoms with Gasteiger partial charge in [-0.25, -0.2) is 9.18 Å². The van der Waals surface area contributed by atoms with Crippen LogP contribution in [0.15, 0.2) is 18.2 Å². The molecule has 3 rings (SSSR count). The third-order valence-electron chi connectivity index (χ3n) is 4.46. The van der Waals surface area contributed by atoms with Gasteiger partial charge in [0.05, 0.1) is 19.2 Å². The summed E-state index contributed by atoms with van der Waals surface area (Å²) in [6.07, 6.45) is 0.841. The molecular formula is C17H22FN3O2. The summed E-state index contributed by atoms with van der Waals surface area (Å²) in [5.41, 5.74) is 2.38. The average molecular weight is 319 g/mol. The van der Waals surface area contributed by atoms with Gasteiger partial charge in [0.25, 0.3) is 0 Å². The van der Waals surface area contributed by atoms with Gasteiger partial charge in [0, 0.05) is 23.1 Å². The Kier molecular flexibility index (Phi) is 4.26. The van der Waals surface area contributed by atoms with Gasteiger partial charge in [-0.1, -0.05) is 13.8 Å². The van der Waals surface area contributed by atoms with Gasteiger partial charge in [0.15, 0.2) is 0 Å². The van der Waals surface area contributed by atoms with Crippen LogP contribution in [-0.4, -0.2) is 40.2 Å². The minimum absolute atomic E-state index is 0.00291. The number of nitrogens with one attached hydrogen (secondary N) is 2. The average Bonchev–Trinajstić information content (AvgIpc) is 2.85. The topological polar surface area (TPSA) is 68.4 Å². The maximum Gasteiger partial charge on any atom is 0.318 e. The van der Waals surface area contributed by atoms with Crippen LogP contribution in [0.5, 0.6) is 0 Å². The number of hydrogen-bond donors (Lipinski definition) is 3. The third kappa shape index (κ3) is 3.03. The zero-order valence-corrected chi connectivity index (χ0v) is 13.4. The van der Waals surface area contributed by atoms with Crippen LogP contribution in [0.25, 0.3) is 10.9 Å². The first kappa shape index (κ1) is 15.8. The summed E-state index contributed by atoms with van der Waals surface area (Å²) in [7, 11) is 0. The van der Waals surface area contributed by atoms with E-state index in [1.54, 1.807) is 4.90 Å². The number of halogens is 1. The van der Waals surface area contributed by atoms with Crippen LogP contribution >= 0.6 is 0 Å². The number of urea groups is 1. The molecule has 1 aliphatic heterocycles. The van der Waals surface area contributed by atoms with E-state index in [1.165, 1.54) is 6.07 Å². The number of amides is 2. The van der Waals surface area contributed by atoms with Crippen molar-refractivity contribution >= 4 is 16.9 Å². The molecule has 6 heteroatoms. The summed E-state index contributed by atoms with van der Waals surface area (Å²) < 4.78 is 14.0. The second-order valence-corrected chi connectivity index (χ2v) is 6.39. The zero-order valence-electron chi connectivity index (χ0n) is 13.4. The number of aromatic nitrogens is 1. The highest BCUT2D eigenvalue weighted by molar-refractivity contribution is 5.82. The number of hydrogen-bond acceptors (Lipinski definition) is 2. The van der Waals surface area contributed by atoms with E-state index in [-0.39, 0.29) is 30.4 Å². The maximum atomic E-state index is 14.0. The van der Waals surface area contributed by atoms with Crippen molar-refractivity contribution in [3.8, 4) is 0 Å². The van der Waals surface area contributed by atoms with E-state index in [1.807, 2.05) is 26.0 Å². The van der Waals surface area contributed by atoms with Crippen molar-refractivity contribution in [3.05, 3.63) is 35.3 Å². The fraction of sp³-hybridized carbons (Fsp3) is 0.471. The Labute approximate surface area is 134 Å². The fourth-order valence-corrected chi connectivity index (χ4v) is 2.94. The van der Waals surface area contributed by atoms with E-state index >= 15 is 0 Å². The predicted octanol–water partition coefficient (Wildman–Crippen LogP) is 2.71. The molecule has 1 fully saturated rings. The van der Waals surface area contributed by atoms with Crippen LogP contribution in [0.3, 0.4) is 0 Å². The first-order valence-electron chi connectivity index (χ1n) is 7.96. The summed E-state index contributed by atoms with van der Waals surface area (Å²) in [6, 6.07) is 4.97. The molecule has 0 aliphatic carbocycles. The van der Waals surface area contributed by atoms with Crippen LogP contribution in [0.2, 0.25) is 0 Å². The van der Waals surface area contributed by atoms with Gasteiger partial charge in [0.1, 0.15) is 5.82 Å². The standard InChI is InChI=1S/C17H22FN3O2/c1-10(2)14-7-16-11(6-15(14)18)5-12(20-16)8-19-17(23)21-4-3-13(21)9-22/h5-7,10,13,20,22H,3-4,8-9H2,1-2H3,(H,19,23). The van der Waals surface area contributed by atoms with Gasteiger partial charge in [-0.2, -0.15) is 0 Å². The Balaban J connectivity index is 1.70. The Morgan fingerprint density at radius 3 is 2.87 bits per heavy atom. The van der Waals surface area contributed by atoms with Crippen molar-refractivity contribution < 1.29 is 14.3 Å². The molecule has 1 aliphatic rings. The molecule has 1 aromatic carbocycles. The number of carbonyl (C=O) groups is 1. The van der Waals surface area contributed by atoms with Crippen LogP contribution in [-0.2, 0) is 6.54 Å². The number of nitrogens with zero attached hydrogens (tertiary/aromatic N) is 1. The van der Waals surface area contributed by atoms with Gasteiger partial charge in [0.2, 0.25) is 0 Å². The molecule has 3 N–H and O–H groups in total. The van der Waals surface area contributed by atoms with Crippen molar-refractivity contribution in [3.63, 3.8) is 0 Å². The van der Waals surface area contributed by atoms with Crippen LogP contribution in [0, 0.1) is 5.82 Å². The Bertz CT molecular complexity index is 724. The highest BCUT2D eigenvalue weighted by Crippen LogP contribution is 2.25. The quantitative estimate of drug-likeness (QED) is 0.811. The van der Waals surface area contributed by atoms with Crippen molar-refractivity contribution in [1.82, 2.24) is 15.2 Å². The number of fused-ring (bicyclic) bond motifs is 1. The smallest absolute Gasteiger partial charge is 0.318 e. The molecule has 124 valence electrons. The lowest BCUT2D eigenvalue weighted by Crippen LogP contribution is -2.56. The van der Waals surface area contributed by atoms with Crippen molar-refractivity contribution in [2.75, 3.05) is 13.2 Å². The van der Waals surface area contributed by atoms with Crippen molar-refractivity contribution in [1.29, 1.82) is 0 Å². The SMILES string of the molecule is CC(C)c1cc2[nH]c(CNC(=O)N3CCC3CO)cc2cc1F. The molecule has 2 heterocycles. The number of rotatable bonds is 4. The van der Waals surface area contributed by atoms with Crippen LogP contribution < -0.4 is 5.32 Å². The monoisotopic (exact) mass is 319 g/mol. The highest BCUT2D eigenvalue weighted by atomic mass is 19.1. The van der Waals surface area contributed by atoms with Crippen molar-refractivity contribution in [2.24, 2.45) is 0 Å². The number of H-pyrrole nitrogens is 1. The summed E-state index contributed by atoms with van der Waals surface area (Å²) >= 11 is 0. The molecule has 1 aromatic heterocycles. The minimum atomic E-state index is -0.201. The zero-order chi connectivity index (χ0) is 16.6. The normalized spacial score (nSPS) is 17.6. The van der Waals surface area contributed by atoms with Gasteiger partial charge in [-0.3, -0.25) is 0 Å². The minimum Gasteiger partial charge on any atom is -0.394 e. The molecule has 23 heavy (non-hydrogen) atoms. The number of likely N-dealkylation sites (tertiary alicyclic amines) is 1. The Morgan fingerprint density at radius 1 is 1.48 bits per heavy atom. The molecule has 5 nitrogen and oxygen atoms in total. The van der Waals surface area contributed by atoms with Gasteiger partial charge < -0.3 is 20.3 Å². The fourth-order valence-electron chi connectivity index (χ4n) is 2.94. The van der Waals surface area contributed by atoms with E-state index < -0.39 is 0 Å². The van der Waals surface area contributed by atoms with E-state index in [2.05, 4.69) is 10.3 Å². The molecule has 1 saturated heterocycles. The summed E-state index contributed by atoms with van der Waals surface area (Å²) in [4.78, 5) is 16.9. The largest absolute Gasteiger partial charge is 0.394 e. The lowest BCUT2D eigenvalue weighted by Gasteiger charge is -2.39. The van der Waals surface area contributed by atoms with E-state index in [0.29, 0.717) is 18.7 Å². The molecule has 2 amide bonds. The van der Waals surface area contributed by atoms with Gasteiger partial charge in [-0.05, 0) is 36.1 Å². The van der Waals surface area contributed by atoms with Gasteiger partial charge in [-0.15, -0.1) is 0 Å². The number of aromatic amines is 1. The molecular weight excluding hydrogens is 297 g/mol. The Morgan fingerprint density at radius 2 is 2.26 bits per heavy atom. The van der Waals surface area contributed by atoms with Crippen LogP contribution in [0.1, 0.15) is 37.4 Å². The van der Waals surface area contributed by atoms with Crippen molar-refractivity contribution in [2.45, 2.75) is 38.8 Å². The molecule has 2 aromatic rings. The van der Waals surface area contributed by atoms with Gasteiger partial charge >= 0.3 is 6.03 Å². The number of benzene rings is 1. The first-order chi connectivity index (χ1) is 11.0. The molecule has 1 unspecified atom stereocenters. The van der Waals surface area contributed by atoms with E-state index in [9.17, 15) is 9.18 Å². The number of aliphatic hydroxyl groups is 1. The van der Waals surface area contributed by atoms with E-state index in [4.69, 9.17) is 5.11 Å². The van der Waals surface area contributed by atoms with E-state index in [0.717, 1.165) is 23.0 Å². The lowest BCUT2D eigenvalue weighted by molar-refractivity contribution is 0.0700. The second kappa shape index (κ2) is 6.20. The predicted molar refractivity (Wildman–Crippen MR) is 86.8 cm³/mol. The third-order valence-corrected chi connectivity index (χ3v) is 4.46. The first-order valence-corrected chi connectivity index (χ1v) is 7.96. The summed E-state index contributed by atoms with van der Waals surface area (Å²) in [5.74, 6) is -0.0823. The maximum absolute atomic E-state index is 14.0. The summed E-state index contributed by atoms with van der Waals surface area (Å²) in [6.45, 7) is 4.93. The molecule has 0 spiro atoms. The molecule has 1 atom stereocenters. The molecule has 0 radical (unpaired) electrons. The molecule has 0 bridgehead atoms. The highest BCUT2D eigenvalue weighted by Gasteiger charge is 2.31. The van der Waals surface area contributed by atoms with Crippen LogP contribution in [0.4, 0.5) is 9.18 Å².